The van der Waals surface area contributed by atoms with Gasteiger partial charge < -0.3 is 9.33 Å². The third-order valence-corrected chi connectivity index (χ3v) is 7.55. The summed E-state index contributed by atoms with van der Waals surface area (Å²) in [6, 6.07) is 19.4. The van der Waals surface area contributed by atoms with Gasteiger partial charge in [0.05, 0.1) is 5.60 Å². The number of hydrogen-bond donors (Lipinski definition) is 0. The van der Waals surface area contributed by atoms with E-state index in [0.717, 1.165) is 25.2 Å². The molecule has 0 heterocycles. The molecule has 0 bridgehead atoms. The molecule has 0 N–H and O–H groups in total. The zero-order valence-corrected chi connectivity index (χ0v) is 18.1. The lowest BCUT2D eigenvalue weighted by Gasteiger charge is -2.35. The lowest BCUT2D eigenvalue weighted by molar-refractivity contribution is 0.0656. The van der Waals surface area contributed by atoms with Crippen molar-refractivity contribution in [2.45, 2.75) is 40.2 Å². The van der Waals surface area contributed by atoms with E-state index < -0.39 is 9.04 Å². The topological polar surface area (TPSA) is 12.5 Å². The maximum absolute atomic E-state index is 6.85. The predicted molar refractivity (Wildman–Crippen MR) is 117 cm³/mol. The van der Waals surface area contributed by atoms with Crippen molar-refractivity contribution in [2.75, 3.05) is 19.6 Å². The Morgan fingerprint density at radius 3 is 2.19 bits per heavy atom. The third kappa shape index (κ3) is 5.66. The van der Waals surface area contributed by atoms with Crippen LogP contribution in [0.25, 0.3) is 5.57 Å². The van der Waals surface area contributed by atoms with Gasteiger partial charge in [0.15, 0.2) is 0 Å². The van der Waals surface area contributed by atoms with Gasteiger partial charge in [-0.05, 0) is 49.8 Å². The maximum Gasteiger partial charge on any atom is 0.240 e. The van der Waals surface area contributed by atoms with Crippen LogP contribution in [0.2, 0.25) is 0 Å². The van der Waals surface area contributed by atoms with Gasteiger partial charge in [0.25, 0.3) is 0 Å². The molecule has 26 heavy (non-hydrogen) atoms. The Kier molecular flexibility index (Phi) is 7.39. The molecule has 3 heteroatoms. The van der Waals surface area contributed by atoms with Crippen molar-refractivity contribution in [1.82, 2.24) is 4.90 Å². The van der Waals surface area contributed by atoms with E-state index in [4.69, 9.17) is 4.43 Å². The predicted octanol–water partition coefficient (Wildman–Crippen LogP) is 3.69. The van der Waals surface area contributed by atoms with Crippen molar-refractivity contribution < 1.29 is 4.43 Å². The van der Waals surface area contributed by atoms with Crippen LogP contribution in [0.1, 0.15) is 40.2 Å². The second-order valence-electron chi connectivity index (χ2n) is 7.54. The Labute approximate surface area is 161 Å². The van der Waals surface area contributed by atoms with E-state index in [-0.39, 0.29) is 5.60 Å². The molecule has 0 spiro atoms. The average molecular weight is 368 g/mol. The monoisotopic (exact) mass is 367 g/mol. The van der Waals surface area contributed by atoms with Crippen molar-refractivity contribution in [3.05, 3.63) is 66.7 Å². The number of likely N-dealkylation sites (N-methyl/N-ethyl adjacent to an activating group) is 1. The molecule has 0 amide bonds. The Bertz CT molecular complexity index is 707. The second kappa shape index (κ2) is 9.31. The zero-order valence-electron chi connectivity index (χ0n) is 17.0. The highest BCUT2D eigenvalue weighted by Crippen LogP contribution is 2.15. The van der Waals surface area contributed by atoms with Gasteiger partial charge in [-0.1, -0.05) is 80.6 Å². The summed E-state index contributed by atoms with van der Waals surface area (Å²) in [5.41, 5.74) is 2.09. The molecule has 2 rings (SSSR count). The minimum atomic E-state index is -1.79. The molecular formula is C23H33NOSi. The summed E-state index contributed by atoms with van der Waals surface area (Å²) < 4.78 is 6.85. The standard InChI is InChI=1S/C23H33NOSi/c1-7-24(8-2)18-23(5,6)25-26(21-14-10-9-11-15-21)22-16-12-13-20(17-22)19(3)4/h9-17,26H,3,7-8,18H2,1-2,4-6H3. The van der Waals surface area contributed by atoms with Crippen LogP contribution in [0.5, 0.6) is 0 Å². The minimum Gasteiger partial charge on any atom is -0.405 e. The van der Waals surface area contributed by atoms with Crippen LogP contribution in [-0.4, -0.2) is 39.2 Å². The molecule has 0 saturated heterocycles. The van der Waals surface area contributed by atoms with E-state index in [1.807, 2.05) is 0 Å². The van der Waals surface area contributed by atoms with Crippen molar-refractivity contribution in [3.63, 3.8) is 0 Å². The van der Waals surface area contributed by atoms with Gasteiger partial charge in [0, 0.05) is 6.54 Å². The van der Waals surface area contributed by atoms with Crippen LogP contribution in [0.4, 0.5) is 0 Å². The fourth-order valence-electron chi connectivity index (χ4n) is 3.27. The normalized spacial score (nSPS) is 13.0. The molecule has 0 aliphatic carbocycles. The molecule has 0 aliphatic rings. The summed E-state index contributed by atoms with van der Waals surface area (Å²) in [6.07, 6.45) is 0. The maximum atomic E-state index is 6.85. The summed E-state index contributed by atoms with van der Waals surface area (Å²) in [5, 5.41) is 2.63. The summed E-state index contributed by atoms with van der Waals surface area (Å²) in [6.45, 7) is 18.1. The Morgan fingerprint density at radius 2 is 1.62 bits per heavy atom. The molecule has 1 unspecified atom stereocenters. The van der Waals surface area contributed by atoms with Crippen LogP contribution >= 0.6 is 0 Å². The van der Waals surface area contributed by atoms with Crippen molar-refractivity contribution >= 4 is 25.0 Å². The second-order valence-corrected chi connectivity index (χ2v) is 9.86. The summed E-state index contributed by atoms with van der Waals surface area (Å²) >= 11 is 0. The summed E-state index contributed by atoms with van der Waals surface area (Å²) in [7, 11) is -1.79. The zero-order chi connectivity index (χ0) is 19.2. The van der Waals surface area contributed by atoms with Crippen LogP contribution in [0.3, 0.4) is 0 Å². The lowest BCUT2D eigenvalue weighted by atomic mass is 10.1. The summed E-state index contributed by atoms with van der Waals surface area (Å²) in [5.74, 6) is 0. The van der Waals surface area contributed by atoms with Gasteiger partial charge in [-0.25, -0.2) is 0 Å². The molecule has 0 saturated carbocycles. The quantitative estimate of drug-likeness (QED) is 0.627. The fourth-order valence-corrected chi connectivity index (χ4v) is 5.82. The first-order valence-electron chi connectivity index (χ1n) is 9.57. The number of benzene rings is 2. The highest BCUT2D eigenvalue weighted by molar-refractivity contribution is 6.80. The Hall–Kier alpha value is -1.68. The van der Waals surface area contributed by atoms with E-state index >= 15 is 0 Å². The third-order valence-electron chi connectivity index (χ3n) is 4.72. The SMILES string of the molecule is C=C(C)c1cccc([SiH](OC(C)(C)CN(CC)CC)c2ccccc2)c1. The highest BCUT2D eigenvalue weighted by Gasteiger charge is 2.29. The molecule has 1 atom stereocenters. The Balaban J connectivity index is 2.36. The highest BCUT2D eigenvalue weighted by atomic mass is 28.3. The van der Waals surface area contributed by atoms with Crippen LogP contribution in [0.15, 0.2) is 61.2 Å². The minimum absolute atomic E-state index is 0.196. The van der Waals surface area contributed by atoms with E-state index in [2.05, 4.69) is 101 Å². The van der Waals surface area contributed by atoms with Gasteiger partial charge in [-0.2, -0.15) is 0 Å². The first-order chi connectivity index (χ1) is 12.4. The first-order valence-corrected chi connectivity index (χ1v) is 11.2. The van der Waals surface area contributed by atoms with E-state index in [9.17, 15) is 0 Å². The Morgan fingerprint density at radius 1 is 1.00 bits per heavy atom. The van der Waals surface area contributed by atoms with Gasteiger partial charge in [0.1, 0.15) is 0 Å². The van der Waals surface area contributed by atoms with Crippen molar-refractivity contribution in [2.24, 2.45) is 0 Å². The lowest BCUT2D eigenvalue weighted by Crippen LogP contribution is -2.53. The van der Waals surface area contributed by atoms with Gasteiger partial charge in [-0.15, -0.1) is 0 Å². The van der Waals surface area contributed by atoms with Gasteiger partial charge >= 0.3 is 0 Å². The first kappa shape index (κ1) is 20.6. The average Bonchev–Trinajstić information content (AvgIpc) is 2.65. The number of rotatable bonds is 9. The molecule has 0 fully saturated rings. The number of allylic oxidation sites excluding steroid dienone is 1. The molecule has 0 aliphatic heterocycles. The summed E-state index contributed by atoms with van der Waals surface area (Å²) in [4.78, 5) is 2.43. The van der Waals surface area contributed by atoms with Crippen LogP contribution in [0, 0.1) is 0 Å². The molecule has 140 valence electrons. The van der Waals surface area contributed by atoms with Crippen LogP contribution < -0.4 is 10.4 Å². The number of hydrogen-bond acceptors (Lipinski definition) is 2. The largest absolute Gasteiger partial charge is 0.405 e. The van der Waals surface area contributed by atoms with E-state index in [0.29, 0.717) is 0 Å². The van der Waals surface area contributed by atoms with E-state index in [1.165, 1.54) is 15.9 Å². The fraction of sp³-hybridized carbons (Fsp3) is 0.391. The molecule has 2 aromatic rings. The van der Waals surface area contributed by atoms with Gasteiger partial charge in [0.2, 0.25) is 9.04 Å². The molecule has 0 aromatic heterocycles. The smallest absolute Gasteiger partial charge is 0.240 e. The molecule has 0 radical (unpaired) electrons. The van der Waals surface area contributed by atoms with Crippen molar-refractivity contribution in [1.29, 1.82) is 0 Å². The van der Waals surface area contributed by atoms with E-state index in [1.54, 1.807) is 0 Å². The van der Waals surface area contributed by atoms with Crippen molar-refractivity contribution in [3.8, 4) is 0 Å². The number of nitrogens with zero attached hydrogens (tertiary/aromatic N) is 1. The molecule has 2 aromatic carbocycles. The molecular weight excluding hydrogens is 334 g/mol. The van der Waals surface area contributed by atoms with Gasteiger partial charge in [-0.3, -0.25) is 0 Å². The van der Waals surface area contributed by atoms with Crippen LogP contribution in [-0.2, 0) is 4.43 Å². The molecule has 2 nitrogen and oxygen atoms in total.